The monoisotopic (exact) mass is 230 g/mol. The number of imidazole rings is 1. The van der Waals surface area contributed by atoms with Gasteiger partial charge in [0.25, 0.3) is 0 Å². The lowest BCUT2D eigenvalue weighted by atomic mass is 10.2. The lowest BCUT2D eigenvalue weighted by molar-refractivity contribution is -0.132. The van der Waals surface area contributed by atoms with Gasteiger partial charge in [0.2, 0.25) is 0 Å². The first-order valence-electron chi connectivity index (χ1n) is 5.48. The summed E-state index contributed by atoms with van der Waals surface area (Å²) >= 11 is 0. The van der Waals surface area contributed by atoms with E-state index >= 15 is 0 Å². The Kier molecular flexibility index (Phi) is 2.95. The van der Waals surface area contributed by atoms with Crippen molar-refractivity contribution in [3.63, 3.8) is 0 Å². The number of carboxylic acid groups (broad SMARTS) is 1. The molecule has 0 spiro atoms. The molecule has 0 fully saturated rings. The average Bonchev–Trinajstić information content (AvgIpc) is 2.67. The number of fused-ring (bicyclic) bond motifs is 1. The summed E-state index contributed by atoms with van der Waals surface area (Å²) in [6, 6.07) is 7.71. The van der Waals surface area contributed by atoms with E-state index in [4.69, 9.17) is 5.11 Å². The normalized spacial score (nSPS) is 10.6. The second-order valence-electron chi connectivity index (χ2n) is 3.87. The van der Waals surface area contributed by atoms with Crippen LogP contribution in [0, 0.1) is 0 Å². The highest BCUT2D eigenvalue weighted by Crippen LogP contribution is 2.17. The number of hydrogen-bond acceptors (Lipinski definition) is 2. The molecule has 1 aromatic carbocycles. The lowest BCUT2D eigenvalue weighted by Crippen LogP contribution is -2.10. The van der Waals surface area contributed by atoms with Crippen LogP contribution in [0.1, 0.15) is 12.7 Å². The molecule has 0 aliphatic rings. The second kappa shape index (κ2) is 4.41. The van der Waals surface area contributed by atoms with Gasteiger partial charge >= 0.3 is 5.97 Å². The Labute approximate surface area is 99.2 Å². The van der Waals surface area contributed by atoms with Crippen LogP contribution in [-0.2, 0) is 17.8 Å². The molecule has 88 valence electrons. The van der Waals surface area contributed by atoms with E-state index in [1.807, 2.05) is 35.8 Å². The van der Waals surface area contributed by atoms with Crippen LogP contribution < -0.4 is 0 Å². The van der Waals surface area contributed by atoms with Gasteiger partial charge in [-0.15, -0.1) is 0 Å². The van der Waals surface area contributed by atoms with Gasteiger partial charge in [-0.05, 0) is 12.1 Å². The number of carboxylic acids is 1. The number of benzene rings is 1. The first kappa shape index (κ1) is 11.4. The SMILES string of the molecule is C=C(Cn1c(CC)nc2ccccc21)C(=O)O. The number of aryl methyl sites for hydroxylation is 1. The van der Waals surface area contributed by atoms with E-state index in [0.717, 1.165) is 23.3 Å². The molecule has 0 saturated carbocycles. The largest absolute Gasteiger partial charge is 0.478 e. The van der Waals surface area contributed by atoms with Crippen molar-refractivity contribution < 1.29 is 9.90 Å². The van der Waals surface area contributed by atoms with E-state index in [9.17, 15) is 4.79 Å². The van der Waals surface area contributed by atoms with Crippen molar-refractivity contribution in [1.29, 1.82) is 0 Å². The molecule has 2 rings (SSSR count). The van der Waals surface area contributed by atoms with Crippen molar-refractivity contribution in [3.05, 3.63) is 42.2 Å². The van der Waals surface area contributed by atoms with Gasteiger partial charge in [-0.2, -0.15) is 0 Å². The van der Waals surface area contributed by atoms with Gasteiger partial charge in [0, 0.05) is 12.0 Å². The topological polar surface area (TPSA) is 55.1 Å². The zero-order valence-corrected chi connectivity index (χ0v) is 9.68. The van der Waals surface area contributed by atoms with Gasteiger partial charge in [-0.3, -0.25) is 0 Å². The first-order chi connectivity index (χ1) is 8.13. The number of hydrogen-bond donors (Lipinski definition) is 1. The number of para-hydroxylation sites is 2. The minimum Gasteiger partial charge on any atom is -0.478 e. The predicted octanol–water partition coefficient (Wildman–Crippen LogP) is 2.24. The van der Waals surface area contributed by atoms with Gasteiger partial charge in [0.05, 0.1) is 17.6 Å². The summed E-state index contributed by atoms with van der Waals surface area (Å²) in [5, 5.41) is 8.88. The number of aromatic nitrogens is 2. The smallest absolute Gasteiger partial charge is 0.332 e. The maximum Gasteiger partial charge on any atom is 0.332 e. The Hall–Kier alpha value is -2.10. The Morgan fingerprint density at radius 1 is 1.47 bits per heavy atom. The Balaban J connectivity index is 2.50. The van der Waals surface area contributed by atoms with Crippen molar-refractivity contribution in [3.8, 4) is 0 Å². The van der Waals surface area contributed by atoms with E-state index in [1.165, 1.54) is 0 Å². The van der Waals surface area contributed by atoms with Crippen LogP contribution in [0.5, 0.6) is 0 Å². The zero-order valence-electron chi connectivity index (χ0n) is 9.68. The van der Waals surface area contributed by atoms with Gasteiger partial charge < -0.3 is 9.67 Å². The summed E-state index contributed by atoms with van der Waals surface area (Å²) < 4.78 is 1.91. The quantitative estimate of drug-likeness (QED) is 0.819. The molecule has 4 nitrogen and oxygen atoms in total. The van der Waals surface area contributed by atoms with Crippen molar-refractivity contribution in [2.45, 2.75) is 19.9 Å². The molecular weight excluding hydrogens is 216 g/mol. The maximum absolute atomic E-state index is 10.8. The molecule has 0 aliphatic heterocycles. The van der Waals surface area contributed by atoms with Crippen LogP contribution in [-0.4, -0.2) is 20.6 Å². The number of rotatable bonds is 4. The van der Waals surface area contributed by atoms with Gasteiger partial charge in [-0.1, -0.05) is 25.6 Å². The molecule has 0 radical (unpaired) electrons. The second-order valence-corrected chi connectivity index (χ2v) is 3.87. The third-order valence-corrected chi connectivity index (χ3v) is 2.70. The third kappa shape index (κ3) is 2.06. The van der Waals surface area contributed by atoms with Crippen LogP contribution in [0.4, 0.5) is 0 Å². The number of carbonyl (C=O) groups is 1. The van der Waals surface area contributed by atoms with E-state index in [-0.39, 0.29) is 12.1 Å². The van der Waals surface area contributed by atoms with Gasteiger partial charge in [-0.25, -0.2) is 9.78 Å². The molecule has 2 aromatic rings. The standard InChI is InChI=1S/C13H14N2O2/c1-3-12-14-10-6-4-5-7-11(10)15(12)8-9(2)13(16)17/h4-7H,2-3,8H2,1H3,(H,16,17). The van der Waals surface area contributed by atoms with Crippen LogP contribution in [0.2, 0.25) is 0 Å². The Morgan fingerprint density at radius 2 is 2.18 bits per heavy atom. The minimum atomic E-state index is -0.968. The molecule has 4 heteroatoms. The molecule has 1 N–H and O–H groups in total. The summed E-state index contributed by atoms with van der Waals surface area (Å²) in [6.07, 6.45) is 0.765. The van der Waals surface area contributed by atoms with Crippen molar-refractivity contribution in [1.82, 2.24) is 9.55 Å². The molecule has 0 aliphatic carbocycles. The lowest BCUT2D eigenvalue weighted by Gasteiger charge is -2.07. The Bertz CT molecular complexity index is 584. The van der Waals surface area contributed by atoms with E-state index in [2.05, 4.69) is 11.6 Å². The average molecular weight is 230 g/mol. The molecule has 0 bridgehead atoms. The van der Waals surface area contributed by atoms with Crippen molar-refractivity contribution >= 4 is 17.0 Å². The minimum absolute atomic E-state index is 0.169. The van der Waals surface area contributed by atoms with Crippen LogP contribution >= 0.6 is 0 Å². The van der Waals surface area contributed by atoms with Crippen LogP contribution in [0.25, 0.3) is 11.0 Å². The van der Waals surface area contributed by atoms with Gasteiger partial charge in [0.1, 0.15) is 5.82 Å². The highest BCUT2D eigenvalue weighted by atomic mass is 16.4. The van der Waals surface area contributed by atoms with E-state index in [0.29, 0.717) is 0 Å². The molecular formula is C13H14N2O2. The third-order valence-electron chi connectivity index (χ3n) is 2.70. The summed E-state index contributed by atoms with van der Waals surface area (Å²) in [7, 11) is 0. The Morgan fingerprint density at radius 3 is 2.82 bits per heavy atom. The predicted molar refractivity (Wildman–Crippen MR) is 65.9 cm³/mol. The highest BCUT2D eigenvalue weighted by molar-refractivity contribution is 5.86. The summed E-state index contributed by atoms with van der Waals surface area (Å²) in [5.41, 5.74) is 2.01. The number of nitrogens with zero attached hydrogens (tertiary/aromatic N) is 2. The molecule has 1 heterocycles. The number of aliphatic carboxylic acids is 1. The zero-order chi connectivity index (χ0) is 12.4. The fourth-order valence-electron chi connectivity index (χ4n) is 1.83. The van der Waals surface area contributed by atoms with Crippen molar-refractivity contribution in [2.75, 3.05) is 0 Å². The van der Waals surface area contributed by atoms with Crippen LogP contribution in [0.3, 0.4) is 0 Å². The van der Waals surface area contributed by atoms with Crippen LogP contribution in [0.15, 0.2) is 36.4 Å². The highest BCUT2D eigenvalue weighted by Gasteiger charge is 2.12. The fourth-order valence-corrected chi connectivity index (χ4v) is 1.83. The summed E-state index contributed by atoms with van der Waals surface area (Å²) in [6.45, 7) is 5.84. The first-order valence-corrected chi connectivity index (χ1v) is 5.48. The molecule has 1 aromatic heterocycles. The molecule has 17 heavy (non-hydrogen) atoms. The van der Waals surface area contributed by atoms with E-state index in [1.54, 1.807) is 0 Å². The molecule has 0 atom stereocenters. The van der Waals surface area contributed by atoms with Gasteiger partial charge in [0.15, 0.2) is 0 Å². The van der Waals surface area contributed by atoms with Crippen molar-refractivity contribution in [2.24, 2.45) is 0 Å². The fraction of sp³-hybridized carbons (Fsp3) is 0.231. The summed E-state index contributed by atoms with van der Waals surface area (Å²) in [5.74, 6) is -0.0848. The molecule has 0 amide bonds. The van der Waals surface area contributed by atoms with E-state index < -0.39 is 5.97 Å². The molecule has 0 saturated heterocycles. The molecule has 0 unspecified atom stereocenters. The maximum atomic E-state index is 10.8. The summed E-state index contributed by atoms with van der Waals surface area (Å²) in [4.78, 5) is 15.3.